The predicted molar refractivity (Wildman–Crippen MR) is 81.1 cm³/mol. The molecule has 0 bridgehead atoms. The van der Waals surface area contributed by atoms with E-state index in [4.69, 9.17) is 4.98 Å². The summed E-state index contributed by atoms with van der Waals surface area (Å²) in [7, 11) is 0. The molecule has 3 aromatic heterocycles. The first-order chi connectivity index (χ1) is 8.81. The highest BCUT2D eigenvalue weighted by Crippen LogP contribution is 2.26. The fourth-order valence-electron chi connectivity index (χ4n) is 1.94. The third kappa shape index (κ3) is 2.71. The molecule has 18 heavy (non-hydrogen) atoms. The van der Waals surface area contributed by atoms with E-state index in [0.717, 1.165) is 12.8 Å². The molecule has 3 rings (SSSR count). The average Bonchev–Trinajstić information content (AvgIpc) is 3.03. The Hall–Kier alpha value is -0.970. The van der Waals surface area contributed by atoms with Crippen molar-refractivity contribution >= 4 is 34.0 Å². The minimum absolute atomic E-state index is 0.975. The van der Waals surface area contributed by atoms with Gasteiger partial charge < -0.3 is 0 Å². The highest BCUT2D eigenvalue weighted by Gasteiger charge is 2.11. The SMILES string of the molecule is Cc1nc(Cc2cccs2)c(Cc2cccs2)s1. The van der Waals surface area contributed by atoms with E-state index in [0.29, 0.717) is 0 Å². The Morgan fingerprint density at radius 3 is 2.28 bits per heavy atom. The van der Waals surface area contributed by atoms with E-state index in [1.807, 2.05) is 34.0 Å². The molecule has 0 aliphatic rings. The van der Waals surface area contributed by atoms with Crippen molar-refractivity contribution < 1.29 is 0 Å². The maximum Gasteiger partial charge on any atom is 0.0900 e. The molecular formula is C14H13NS3. The van der Waals surface area contributed by atoms with Crippen LogP contribution in [-0.4, -0.2) is 4.98 Å². The lowest BCUT2D eigenvalue weighted by molar-refractivity contribution is 1.06. The standard InChI is InChI=1S/C14H13NS3/c1-10-15-13(8-11-4-2-6-16-11)14(18-10)9-12-5-3-7-17-12/h2-7H,8-9H2,1H3. The summed E-state index contributed by atoms with van der Waals surface area (Å²) in [4.78, 5) is 8.93. The first-order valence-electron chi connectivity index (χ1n) is 5.81. The van der Waals surface area contributed by atoms with E-state index in [1.165, 1.54) is 25.3 Å². The second-order valence-electron chi connectivity index (χ2n) is 4.12. The molecule has 3 aromatic rings. The van der Waals surface area contributed by atoms with Crippen LogP contribution in [0.2, 0.25) is 0 Å². The lowest BCUT2D eigenvalue weighted by Gasteiger charge is -1.99. The molecule has 3 heterocycles. The molecule has 0 unspecified atom stereocenters. The van der Waals surface area contributed by atoms with E-state index < -0.39 is 0 Å². The molecule has 0 amide bonds. The number of nitrogens with zero attached hydrogens (tertiary/aromatic N) is 1. The summed E-state index contributed by atoms with van der Waals surface area (Å²) in [5.74, 6) is 0. The Labute approximate surface area is 119 Å². The highest BCUT2D eigenvalue weighted by molar-refractivity contribution is 7.12. The molecule has 92 valence electrons. The summed E-state index contributed by atoms with van der Waals surface area (Å²) in [6.07, 6.45) is 2.01. The van der Waals surface area contributed by atoms with Gasteiger partial charge in [-0.25, -0.2) is 4.98 Å². The Kier molecular flexibility index (Phi) is 3.59. The zero-order valence-electron chi connectivity index (χ0n) is 10.1. The number of aryl methyl sites for hydroxylation is 1. The van der Waals surface area contributed by atoms with Gasteiger partial charge in [-0.15, -0.1) is 34.0 Å². The lowest BCUT2D eigenvalue weighted by atomic mass is 10.2. The Balaban J connectivity index is 1.85. The van der Waals surface area contributed by atoms with E-state index in [2.05, 4.69) is 41.9 Å². The van der Waals surface area contributed by atoms with Crippen LogP contribution in [0, 0.1) is 6.92 Å². The Morgan fingerprint density at radius 1 is 1.00 bits per heavy atom. The number of rotatable bonds is 4. The van der Waals surface area contributed by atoms with E-state index >= 15 is 0 Å². The van der Waals surface area contributed by atoms with Crippen LogP contribution in [0.1, 0.15) is 25.3 Å². The molecule has 0 aliphatic heterocycles. The Bertz CT molecular complexity index is 552. The van der Waals surface area contributed by atoms with Crippen LogP contribution in [0.4, 0.5) is 0 Å². The first kappa shape index (κ1) is 12.1. The minimum Gasteiger partial charge on any atom is -0.246 e. The summed E-state index contributed by atoms with van der Waals surface area (Å²) in [6.45, 7) is 2.10. The van der Waals surface area contributed by atoms with Gasteiger partial charge in [-0.05, 0) is 29.8 Å². The number of aromatic nitrogens is 1. The molecule has 1 nitrogen and oxygen atoms in total. The quantitative estimate of drug-likeness (QED) is 0.675. The summed E-state index contributed by atoms with van der Waals surface area (Å²) in [6, 6.07) is 8.62. The largest absolute Gasteiger partial charge is 0.246 e. The number of thiazole rings is 1. The molecule has 0 fully saturated rings. The smallest absolute Gasteiger partial charge is 0.0900 e. The lowest BCUT2D eigenvalue weighted by Crippen LogP contribution is -1.92. The molecule has 0 N–H and O–H groups in total. The maximum atomic E-state index is 4.70. The van der Waals surface area contributed by atoms with Gasteiger partial charge in [0.25, 0.3) is 0 Å². The molecule has 0 saturated heterocycles. The third-order valence-electron chi connectivity index (χ3n) is 2.72. The highest BCUT2D eigenvalue weighted by atomic mass is 32.1. The number of hydrogen-bond donors (Lipinski definition) is 0. The van der Waals surface area contributed by atoms with Gasteiger partial charge in [0.1, 0.15) is 0 Å². The van der Waals surface area contributed by atoms with Gasteiger partial charge in [0.2, 0.25) is 0 Å². The van der Waals surface area contributed by atoms with Gasteiger partial charge in [-0.2, -0.15) is 0 Å². The van der Waals surface area contributed by atoms with Crippen LogP contribution < -0.4 is 0 Å². The summed E-state index contributed by atoms with van der Waals surface area (Å²) in [5.41, 5.74) is 1.26. The Morgan fingerprint density at radius 2 is 1.67 bits per heavy atom. The molecule has 0 aliphatic carbocycles. The summed E-state index contributed by atoms with van der Waals surface area (Å²) < 4.78 is 0. The molecule has 0 radical (unpaired) electrons. The zero-order valence-corrected chi connectivity index (χ0v) is 12.5. The van der Waals surface area contributed by atoms with E-state index in [9.17, 15) is 0 Å². The van der Waals surface area contributed by atoms with Crippen molar-refractivity contribution in [2.45, 2.75) is 19.8 Å². The van der Waals surface area contributed by atoms with Crippen molar-refractivity contribution in [2.24, 2.45) is 0 Å². The second kappa shape index (κ2) is 5.34. The first-order valence-corrected chi connectivity index (χ1v) is 8.39. The molecule has 0 saturated carbocycles. The van der Waals surface area contributed by atoms with Crippen LogP contribution in [0.25, 0.3) is 0 Å². The summed E-state index contributed by atoms with van der Waals surface area (Å²) >= 11 is 5.47. The van der Waals surface area contributed by atoms with Gasteiger partial charge in [-0.3, -0.25) is 0 Å². The fraction of sp³-hybridized carbons (Fsp3) is 0.214. The third-order valence-corrected chi connectivity index (χ3v) is 5.49. The van der Waals surface area contributed by atoms with Crippen molar-refractivity contribution in [1.29, 1.82) is 0 Å². The van der Waals surface area contributed by atoms with Crippen molar-refractivity contribution in [3.63, 3.8) is 0 Å². The number of thiophene rings is 2. The maximum absolute atomic E-state index is 4.70. The van der Waals surface area contributed by atoms with Crippen LogP contribution in [0.3, 0.4) is 0 Å². The fourth-order valence-corrected chi connectivity index (χ4v) is 4.43. The van der Waals surface area contributed by atoms with Crippen molar-refractivity contribution in [2.75, 3.05) is 0 Å². The minimum atomic E-state index is 0.975. The predicted octanol–water partition coefficient (Wildman–Crippen LogP) is 4.76. The summed E-state index contributed by atoms with van der Waals surface area (Å²) in [5, 5.41) is 5.45. The van der Waals surface area contributed by atoms with Crippen molar-refractivity contribution in [1.82, 2.24) is 4.98 Å². The monoisotopic (exact) mass is 291 g/mol. The normalized spacial score (nSPS) is 10.9. The number of hydrogen-bond acceptors (Lipinski definition) is 4. The molecule has 4 heteroatoms. The van der Waals surface area contributed by atoms with Crippen molar-refractivity contribution in [3.8, 4) is 0 Å². The second-order valence-corrected chi connectivity index (χ2v) is 7.47. The molecule has 0 aromatic carbocycles. The van der Waals surface area contributed by atoms with Gasteiger partial charge >= 0.3 is 0 Å². The van der Waals surface area contributed by atoms with Gasteiger partial charge in [0.05, 0.1) is 10.7 Å². The van der Waals surface area contributed by atoms with Crippen molar-refractivity contribution in [3.05, 3.63) is 60.4 Å². The topological polar surface area (TPSA) is 12.9 Å². The van der Waals surface area contributed by atoms with Gasteiger partial charge in [0, 0.05) is 27.5 Å². The molecular weight excluding hydrogens is 278 g/mol. The van der Waals surface area contributed by atoms with Crippen LogP contribution in [0.5, 0.6) is 0 Å². The van der Waals surface area contributed by atoms with E-state index in [1.54, 1.807) is 0 Å². The molecule has 0 spiro atoms. The van der Waals surface area contributed by atoms with Gasteiger partial charge in [-0.1, -0.05) is 12.1 Å². The average molecular weight is 291 g/mol. The zero-order chi connectivity index (χ0) is 12.4. The van der Waals surface area contributed by atoms with Crippen LogP contribution in [0.15, 0.2) is 35.0 Å². The molecule has 0 atom stereocenters. The van der Waals surface area contributed by atoms with Crippen LogP contribution in [-0.2, 0) is 12.8 Å². The van der Waals surface area contributed by atoms with Gasteiger partial charge in [0.15, 0.2) is 0 Å². The van der Waals surface area contributed by atoms with Crippen LogP contribution >= 0.6 is 34.0 Å². The van der Waals surface area contributed by atoms with E-state index in [-0.39, 0.29) is 0 Å².